The van der Waals surface area contributed by atoms with E-state index in [9.17, 15) is 4.79 Å². The van der Waals surface area contributed by atoms with E-state index in [1.54, 1.807) is 18.2 Å². The van der Waals surface area contributed by atoms with Crippen LogP contribution in [0.3, 0.4) is 0 Å². The first kappa shape index (κ1) is 18.4. The third kappa shape index (κ3) is 5.55. The second kappa shape index (κ2) is 9.35. The van der Waals surface area contributed by atoms with E-state index in [4.69, 9.17) is 17.0 Å². The van der Waals surface area contributed by atoms with Crippen LogP contribution in [0.25, 0.3) is 0 Å². The summed E-state index contributed by atoms with van der Waals surface area (Å²) in [6.45, 7) is 0.381. The maximum atomic E-state index is 12.5. The summed E-state index contributed by atoms with van der Waals surface area (Å²) in [6, 6.07) is 26.3. The number of hydrogen-bond acceptors (Lipinski definition) is 3. The van der Waals surface area contributed by atoms with Gasteiger partial charge in [0.15, 0.2) is 5.11 Å². The molecule has 0 spiro atoms. The van der Waals surface area contributed by atoms with Crippen LogP contribution in [0.2, 0.25) is 0 Å². The van der Waals surface area contributed by atoms with E-state index in [0.717, 1.165) is 11.3 Å². The second-order valence-corrected chi connectivity index (χ2v) is 6.08. The molecule has 0 saturated heterocycles. The number of carbonyl (C=O) groups excluding carboxylic acids is 1. The zero-order valence-corrected chi connectivity index (χ0v) is 15.3. The van der Waals surface area contributed by atoms with E-state index < -0.39 is 0 Å². The lowest BCUT2D eigenvalue weighted by atomic mass is 10.2. The minimum Gasteiger partial charge on any atom is -0.488 e. The molecule has 0 unspecified atom stereocenters. The minimum absolute atomic E-state index is 0.289. The Balaban J connectivity index is 1.57. The molecule has 0 radical (unpaired) electrons. The molecule has 0 aliphatic carbocycles. The Morgan fingerprint density at radius 2 is 1.44 bits per heavy atom. The zero-order chi connectivity index (χ0) is 18.9. The van der Waals surface area contributed by atoms with Crippen molar-refractivity contribution in [3.63, 3.8) is 0 Å². The van der Waals surface area contributed by atoms with Crippen molar-refractivity contribution < 1.29 is 9.53 Å². The van der Waals surface area contributed by atoms with E-state index in [0.29, 0.717) is 17.9 Å². The van der Waals surface area contributed by atoms with Crippen LogP contribution >= 0.6 is 12.2 Å². The number of hydrogen-bond donors (Lipinski definition) is 3. The van der Waals surface area contributed by atoms with Gasteiger partial charge in [-0.1, -0.05) is 60.7 Å². The standard InChI is InChI=1S/C21H19N3O2S/c25-20(23-24-21(27)22-17-11-5-2-6-12-17)18-13-7-8-14-19(18)26-15-16-9-3-1-4-10-16/h1-14H,15H2,(H,23,25)(H2,22,24,27). The van der Waals surface area contributed by atoms with Gasteiger partial charge in [0.2, 0.25) is 0 Å². The second-order valence-electron chi connectivity index (χ2n) is 5.67. The topological polar surface area (TPSA) is 62.4 Å². The summed E-state index contributed by atoms with van der Waals surface area (Å²) in [5.74, 6) is 0.165. The van der Waals surface area contributed by atoms with E-state index in [2.05, 4.69) is 16.2 Å². The predicted molar refractivity (Wildman–Crippen MR) is 110 cm³/mol. The van der Waals surface area contributed by atoms with Crippen LogP contribution in [-0.4, -0.2) is 11.0 Å². The van der Waals surface area contributed by atoms with Crippen molar-refractivity contribution in [3.05, 3.63) is 96.1 Å². The molecule has 27 heavy (non-hydrogen) atoms. The molecule has 3 rings (SSSR count). The summed E-state index contributed by atoms with van der Waals surface area (Å²) in [6.07, 6.45) is 0. The van der Waals surface area contributed by atoms with Crippen LogP contribution in [0.15, 0.2) is 84.9 Å². The average molecular weight is 377 g/mol. The fourth-order valence-electron chi connectivity index (χ4n) is 2.38. The van der Waals surface area contributed by atoms with Crippen molar-refractivity contribution in [1.29, 1.82) is 0 Å². The first-order valence-electron chi connectivity index (χ1n) is 8.40. The first-order chi connectivity index (χ1) is 13.2. The summed E-state index contributed by atoms with van der Waals surface area (Å²) in [4.78, 5) is 12.5. The Kier molecular flexibility index (Phi) is 6.38. The summed E-state index contributed by atoms with van der Waals surface area (Å²) in [7, 11) is 0. The van der Waals surface area contributed by atoms with Crippen molar-refractivity contribution in [2.45, 2.75) is 6.61 Å². The highest BCUT2D eigenvalue weighted by atomic mass is 32.1. The number of ether oxygens (including phenoxy) is 1. The van der Waals surface area contributed by atoms with Gasteiger partial charge in [-0.3, -0.25) is 15.6 Å². The van der Waals surface area contributed by atoms with Gasteiger partial charge in [-0.05, 0) is 42.0 Å². The number of hydrazine groups is 1. The molecule has 3 N–H and O–H groups in total. The smallest absolute Gasteiger partial charge is 0.273 e. The molecule has 0 aromatic heterocycles. The van der Waals surface area contributed by atoms with Crippen molar-refractivity contribution in [1.82, 2.24) is 10.9 Å². The first-order valence-corrected chi connectivity index (χ1v) is 8.81. The monoisotopic (exact) mass is 377 g/mol. The van der Waals surface area contributed by atoms with Gasteiger partial charge in [-0.2, -0.15) is 0 Å². The Labute approximate surface area is 163 Å². The van der Waals surface area contributed by atoms with Crippen LogP contribution in [0.5, 0.6) is 5.75 Å². The van der Waals surface area contributed by atoms with Gasteiger partial charge in [0.05, 0.1) is 5.56 Å². The van der Waals surface area contributed by atoms with Gasteiger partial charge in [0.1, 0.15) is 12.4 Å². The summed E-state index contributed by atoms with van der Waals surface area (Å²) >= 11 is 5.18. The molecule has 5 nitrogen and oxygen atoms in total. The van der Waals surface area contributed by atoms with E-state index in [1.807, 2.05) is 66.7 Å². The normalized spacial score (nSPS) is 9.93. The van der Waals surface area contributed by atoms with Gasteiger partial charge in [0, 0.05) is 5.69 Å². The highest BCUT2D eigenvalue weighted by Crippen LogP contribution is 2.19. The highest BCUT2D eigenvalue weighted by molar-refractivity contribution is 7.80. The van der Waals surface area contributed by atoms with Gasteiger partial charge in [0.25, 0.3) is 5.91 Å². The maximum Gasteiger partial charge on any atom is 0.273 e. The van der Waals surface area contributed by atoms with Crippen LogP contribution in [-0.2, 0) is 6.61 Å². The Hall–Kier alpha value is -3.38. The van der Waals surface area contributed by atoms with E-state index in [1.165, 1.54) is 0 Å². The number of carbonyl (C=O) groups is 1. The van der Waals surface area contributed by atoms with Crippen LogP contribution in [0, 0.1) is 0 Å². The molecule has 3 aromatic carbocycles. The number of benzene rings is 3. The van der Waals surface area contributed by atoms with Crippen molar-refractivity contribution in [2.24, 2.45) is 0 Å². The molecular formula is C21H19N3O2S. The quantitative estimate of drug-likeness (QED) is 0.465. The lowest BCUT2D eigenvalue weighted by Gasteiger charge is -2.14. The third-order valence-electron chi connectivity index (χ3n) is 3.69. The lowest BCUT2D eigenvalue weighted by Crippen LogP contribution is -2.43. The van der Waals surface area contributed by atoms with Crippen LogP contribution < -0.4 is 20.9 Å². The van der Waals surface area contributed by atoms with Crippen LogP contribution in [0.4, 0.5) is 5.69 Å². The Bertz CT molecular complexity index is 902. The largest absolute Gasteiger partial charge is 0.488 e. The summed E-state index contributed by atoms with van der Waals surface area (Å²) in [5, 5.41) is 3.27. The molecule has 136 valence electrons. The molecular weight excluding hydrogens is 358 g/mol. The fourth-order valence-corrected chi connectivity index (χ4v) is 2.55. The third-order valence-corrected chi connectivity index (χ3v) is 3.89. The molecule has 0 aliphatic rings. The Morgan fingerprint density at radius 3 is 2.19 bits per heavy atom. The molecule has 6 heteroatoms. The molecule has 0 fully saturated rings. The fraction of sp³-hybridized carbons (Fsp3) is 0.0476. The van der Waals surface area contributed by atoms with Crippen molar-refractivity contribution in [3.8, 4) is 5.75 Å². The van der Waals surface area contributed by atoms with E-state index in [-0.39, 0.29) is 11.0 Å². The molecule has 0 atom stereocenters. The number of anilines is 1. The Morgan fingerprint density at radius 1 is 0.815 bits per heavy atom. The number of rotatable bonds is 5. The maximum absolute atomic E-state index is 12.5. The van der Waals surface area contributed by atoms with Crippen molar-refractivity contribution >= 4 is 28.9 Å². The predicted octanol–water partition coefficient (Wildman–Crippen LogP) is 3.90. The highest BCUT2D eigenvalue weighted by Gasteiger charge is 2.12. The van der Waals surface area contributed by atoms with Gasteiger partial charge in [-0.15, -0.1) is 0 Å². The number of amides is 1. The zero-order valence-electron chi connectivity index (χ0n) is 14.5. The molecule has 3 aromatic rings. The lowest BCUT2D eigenvalue weighted by molar-refractivity contribution is 0.0939. The van der Waals surface area contributed by atoms with Gasteiger partial charge >= 0.3 is 0 Å². The number of nitrogens with one attached hydrogen (secondary N) is 3. The summed E-state index contributed by atoms with van der Waals surface area (Å²) in [5.41, 5.74) is 7.56. The van der Waals surface area contributed by atoms with Crippen molar-refractivity contribution in [2.75, 3.05) is 5.32 Å². The van der Waals surface area contributed by atoms with E-state index >= 15 is 0 Å². The number of thiocarbonyl (C=S) groups is 1. The van der Waals surface area contributed by atoms with Gasteiger partial charge < -0.3 is 10.1 Å². The van der Waals surface area contributed by atoms with Gasteiger partial charge in [-0.25, -0.2) is 0 Å². The van der Waals surface area contributed by atoms with Crippen LogP contribution in [0.1, 0.15) is 15.9 Å². The minimum atomic E-state index is -0.337. The molecule has 0 saturated carbocycles. The molecule has 0 aliphatic heterocycles. The average Bonchev–Trinajstić information content (AvgIpc) is 2.72. The number of para-hydroxylation sites is 2. The molecule has 1 amide bonds. The summed E-state index contributed by atoms with van der Waals surface area (Å²) < 4.78 is 5.81. The molecule has 0 heterocycles. The molecule has 0 bridgehead atoms. The SMILES string of the molecule is O=C(NNC(=S)Nc1ccccc1)c1ccccc1OCc1ccccc1.